The normalized spacial score (nSPS) is 5.14. The van der Waals surface area contributed by atoms with Crippen molar-refractivity contribution in [1.29, 1.82) is 0 Å². The predicted octanol–water partition coefficient (Wildman–Crippen LogP) is 5.17. The molecule has 1 rings (SSSR count). The van der Waals surface area contributed by atoms with Crippen molar-refractivity contribution >= 4 is 0 Å². The molecule has 0 heterocycles. The molecule has 0 aromatic heterocycles. The second-order valence-corrected chi connectivity index (χ2v) is 1.15. The van der Waals surface area contributed by atoms with Crippen molar-refractivity contribution in [3.05, 3.63) is 36.4 Å². The summed E-state index contributed by atoms with van der Waals surface area (Å²) in [7, 11) is 0.500. The monoisotopic (exact) mass is 210 g/mol. The summed E-state index contributed by atoms with van der Waals surface area (Å²) in [6, 6.07) is 12.0. The molecule has 0 bridgehead atoms. The van der Waals surface area contributed by atoms with E-state index in [1.54, 1.807) is 0 Å². The first-order valence-corrected chi connectivity index (χ1v) is 4.52. The summed E-state index contributed by atoms with van der Waals surface area (Å²) >= 11 is 0. The van der Waals surface area contributed by atoms with E-state index < -0.39 is 0 Å². The van der Waals surface area contributed by atoms with Crippen molar-refractivity contribution in [3.8, 4) is 0 Å². The Morgan fingerprint density at radius 3 is 0.643 bits per heavy atom. The molecule has 14 heavy (non-hydrogen) atoms. The highest BCUT2D eigenvalue weighted by molar-refractivity contribution is 4.99. The number of hydrogen-bond acceptors (Lipinski definition) is 0. The molecule has 3 heteroatoms. The molecular weight excluding hydrogens is 189 g/mol. The summed E-state index contributed by atoms with van der Waals surface area (Å²) in [5.74, 6) is 0. The molecular formula is C11H21F3. The maximum Gasteiger partial charge on any atom is 0.0785 e. The minimum Gasteiger partial charge on any atom is -0.255 e. The highest BCUT2D eigenvalue weighted by Gasteiger charge is 1.57. The van der Waals surface area contributed by atoms with Gasteiger partial charge in [-0.05, 0) is 0 Å². The number of rotatable bonds is 0. The number of benzene rings is 1. The standard InChI is InChI=1S/C6H6.2C2H6.CH3F.F2/c1-2-4-6-5-3-1;4*1-2/h1-6H;2*1-2H3;1H3;. The Morgan fingerprint density at radius 1 is 0.500 bits per heavy atom. The van der Waals surface area contributed by atoms with Crippen LogP contribution in [0.5, 0.6) is 0 Å². The van der Waals surface area contributed by atoms with Crippen LogP contribution in [0.4, 0.5) is 13.5 Å². The van der Waals surface area contributed by atoms with Crippen LogP contribution in [0.15, 0.2) is 36.4 Å². The molecule has 0 nitrogen and oxygen atoms in total. The predicted molar refractivity (Wildman–Crippen MR) is 58.4 cm³/mol. The van der Waals surface area contributed by atoms with Crippen LogP contribution in [0, 0.1) is 0 Å². The van der Waals surface area contributed by atoms with Crippen molar-refractivity contribution < 1.29 is 13.5 Å². The lowest BCUT2D eigenvalue weighted by Crippen LogP contribution is -1.47. The van der Waals surface area contributed by atoms with E-state index in [-0.39, 0.29) is 0 Å². The molecule has 0 aliphatic rings. The van der Waals surface area contributed by atoms with E-state index in [2.05, 4.69) is 0 Å². The van der Waals surface area contributed by atoms with Crippen molar-refractivity contribution in [3.63, 3.8) is 0 Å². The summed E-state index contributed by atoms with van der Waals surface area (Å²) in [5, 5.41) is 0. The second-order valence-electron chi connectivity index (χ2n) is 1.15. The Bertz CT molecular complexity index is 82.5. The van der Waals surface area contributed by atoms with Gasteiger partial charge in [-0.3, -0.25) is 4.39 Å². The van der Waals surface area contributed by atoms with E-state index in [0.29, 0.717) is 7.18 Å². The van der Waals surface area contributed by atoms with Gasteiger partial charge in [0.2, 0.25) is 0 Å². The summed E-state index contributed by atoms with van der Waals surface area (Å²) < 4.78 is 25.5. The zero-order chi connectivity index (χ0) is 12.2. The fraction of sp³-hybridized carbons (Fsp3) is 0.455. The fourth-order valence-electron chi connectivity index (χ4n) is 0.385. The van der Waals surface area contributed by atoms with Crippen molar-refractivity contribution in [1.82, 2.24) is 0 Å². The van der Waals surface area contributed by atoms with E-state index in [1.165, 1.54) is 0 Å². The van der Waals surface area contributed by atoms with E-state index in [9.17, 15) is 4.39 Å². The van der Waals surface area contributed by atoms with Gasteiger partial charge in [0, 0.05) is 9.15 Å². The minimum absolute atomic E-state index is 0.500. The molecule has 1 aromatic rings. The highest BCUT2D eigenvalue weighted by atomic mass is 20.0. The topological polar surface area (TPSA) is 0 Å². The maximum atomic E-state index is 9.50. The zero-order valence-corrected chi connectivity index (χ0v) is 9.60. The van der Waals surface area contributed by atoms with Gasteiger partial charge >= 0.3 is 0 Å². The lowest BCUT2D eigenvalue weighted by atomic mass is 10.4. The van der Waals surface area contributed by atoms with Crippen LogP contribution in [0.25, 0.3) is 0 Å². The summed E-state index contributed by atoms with van der Waals surface area (Å²) in [4.78, 5) is 0. The van der Waals surface area contributed by atoms with Gasteiger partial charge in [-0.15, -0.1) is 0 Å². The number of halogens is 3. The van der Waals surface area contributed by atoms with Crippen LogP contribution < -0.4 is 0 Å². The fourth-order valence-corrected chi connectivity index (χ4v) is 0.385. The molecule has 0 N–H and O–H groups in total. The molecule has 0 aliphatic carbocycles. The van der Waals surface area contributed by atoms with Gasteiger partial charge in [-0.1, -0.05) is 64.1 Å². The molecule has 0 saturated heterocycles. The molecule has 0 unspecified atom stereocenters. The highest BCUT2D eigenvalue weighted by Crippen LogP contribution is 1.79. The Kier molecular flexibility index (Phi) is 95.8. The second kappa shape index (κ2) is 58.0. The Balaban J connectivity index is -0.0000000542. The van der Waals surface area contributed by atoms with Crippen molar-refractivity contribution in [2.24, 2.45) is 0 Å². The Morgan fingerprint density at radius 2 is 0.571 bits per heavy atom. The van der Waals surface area contributed by atoms with Gasteiger partial charge in [-0.2, -0.15) is 0 Å². The average molecular weight is 210 g/mol. The van der Waals surface area contributed by atoms with Crippen LogP contribution in [-0.4, -0.2) is 7.18 Å². The van der Waals surface area contributed by atoms with Gasteiger partial charge in [0.1, 0.15) is 0 Å². The molecule has 0 aliphatic heterocycles. The molecule has 0 atom stereocenters. The average Bonchev–Trinajstić information content (AvgIpc) is 2.41. The third-order valence-electron chi connectivity index (χ3n) is 0.667. The summed E-state index contributed by atoms with van der Waals surface area (Å²) in [6.45, 7) is 8.00. The first-order chi connectivity index (χ1) is 7.00. The smallest absolute Gasteiger partial charge is 0.0785 e. The van der Waals surface area contributed by atoms with Gasteiger partial charge in [-0.25, -0.2) is 0 Å². The molecule has 1 aromatic carbocycles. The van der Waals surface area contributed by atoms with E-state index >= 15 is 0 Å². The van der Waals surface area contributed by atoms with Crippen LogP contribution in [-0.2, 0) is 0 Å². The molecule has 0 radical (unpaired) electrons. The summed E-state index contributed by atoms with van der Waals surface area (Å²) in [5.41, 5.74) is 0. The van der Waals surface area contributed by atoms with Gasteiger partial charge < -0.3 is 0 Å². The van der Waals surface area contributed by atoms with Crippen molar-refractivity contribution in [2.45, 2.75) is 27.7 Å². The van der Waals surface area contributed by atoms with Crippen LogP contribution >= 0.6 is 0 Å². The lowest BCUT2D eigenvalue weighted by molar-refractivity contribution is 0.108. The van der Waals surface area contributed by atoms with Gasteiger partial charge in [0.15, 0.2) is 0 Å². The van der Waals surface area contributed by atoms with E-state index in [4.69, 9.17) is 9.15 Å². The quantitative estimate of drug-likeness (QED) is 0.554. The number of hydrogen-bond donors (Lipinski definition) is 0. The Hall–Kier alpha value is -0.990. The van der Waals surface area contributed by atoms with Crippen LogP contribution in [0.1, 0.15) is 27.7 Å². The minimum atomic E-state index is 0.500. The SMILES string of the molecule is CC.CC.CF.FF.c1ccccc1. The van der Waals surface area contributed by atoms with Crippen LogP contribution in [0.3, 0.4) is 0 Å². The summed E-state index contributed by atoms with van der Waals surface area (Å²) in [6.07, 6.45) is 0. The van der Waals surface area contributed by atoms with Gasteiger partial charge in [0.05, 0.1) is 7.18 Å². The lowest BCUT2D eigenvalue weighted by Gasteiger charge is -1.69. The molecule has 0 spiro atoms. The first-order valence-electron chi connectivity index (χ1n) is 4.52. The molecule has 0 amide bonds. The third-order valence-corrected chi connectivity index (χ3v) is 0.667. The van der Waals surface area contributed by atoms with Gasteiger partial charge in [0.25, 0.3) is 0 Å². The first kappa shape index (κ1) is 23.1. The zero-order valence-electron chi connectivity index (χ0n) is 9.60. The molecule has 0 fully saturated rings. The van der Waals surface area contributed by atoms with Crippen molar-refractivity contribution in [2.75, 3.05) is 7.18 Å². The third kappa shape index (κ3) is 44.0. The van der Waals surface area contributed by atoms with E-state index in [1.807, 2.05) is 64.1 Å². The van der Waals surface area contributed by atoms with E-state index in [0.717, 1.165) is 0 Å². The molecule has 0 saturated carbocycles. The maximum absolute atomic E-state index is 9.50. The largest absolute Gasteiger partial charge is 0.255 e. The Labute approximate surface area is 85.6 Å². The van der Waals surface area contributed by atoms with Crippen LogP contribution in [0.2, 0.25) is 0 Å². The number of alkyl halides is 1. The molecule has 86 valence electrons.